The maximum Gasteiger partial charge on any atom is 0.119 e. The number of hydrogen-bond donors (Lipinski definition) is 1. The van der Waals surface area contributed by atoms with Crippen LogP contribution in [0.25, 0.3) is 0 Å². The van der Waals surface area contributed by atoms with Crippen LogP contribution in [0.3, 0.4) is 0 Å². The summed E-state index contributed by atoms with van der Waals surface area (Å²) in [7, 11) is 3.48. The van der Waals surface area contributed by atoms with Gasteiger partial charge in [-0.1, -0.05) is 36.1 Å². The summed E-state index contributed by atoms with van der Waals surface area (Å²) in [6.07, 6.45) is 2.71. The average molecular weight is 380 g/mol. The van der Waals surface area contributed by atoms with Crippen LogP contribution in [0.1, 0.15) is 29.5 Å². The van der Waals surface area contributed by atoms with E-state index in [1.54, 1.807) is 14.2 Å². The molecular weight excluding hydrogens is 350 g/mol. The van der Waals surface area contributed by atoms with E-state index in [0.717, 1.165) is 50.3 Å². The number of hydrogen-bond acceptors (Lipinski definition) is 4. The zero-order valence-corrected chi connectivity index (χ0v) is 16.8. The first-order chi connectivity index (χ1) is 13.8. The van der Waals surface area contributed by atoms with Crippen LogP contribution in [-0.4, -0.2) is 40.5 Å². The van der Waals surface area contributed by atoms with Crippen molar-refractivity contribution in [3.05, 3.63) is 65.2 Å². The molecule has 2 aromatic rings. The van der Waals surface area contributed by atoms with E-state index >= 15 is 0 Å². The molecule has 0 atom stereocenters. The molecule has 0 aliphatic carbocycles. The van der Waals surface area contributed by atoms with Crippen molar-refractivity contribution in [1.82, 2.24) is 5.32 Å². The third-order valence-corrected chi connectivity index (χ3v) is 5.25. The average Bonchev–Trinajstić information content (AvgIpc) is 2.77. The third kappa shape index (κ3) is 5.36. The highest BCUT2D eigenvalue weighted by Gasteiger charge is 2.34. The smallest absolute Gasteiger partial charge is 0.119 e. The largest absolute Gasteiger partial charge is 0.497 e. The molecule has 0 aromatic heterocycles. The first-order valence-electron chi connectivity index (χ1n) is 9.82. The summed E-state index contributed by atoms with van der Waals surface area (Å²) in [5.74, 6) is 7.38. The van der Waals surface area contributed by atoms with Gasteiger partial charge in [0.05, 0.1) is 19.3 Å². The van der Waals surface area contributed by atoms with E-state index in [1.807, 2.05) is 12.1 Å². The van der Waals surface area contributed by atoms with Crippen LogP contribution >= 0.6 is 0 Å². The van der Waals surface area contributed by atoms with Crippen LogP contribution in [0.4, 0.5) is 0 Å². The van der Waals surface area contributed by atoms with E-state index in [-0.39, 0.29) is 5.60 Å². The minimum atomic E-state index is -0.245. The van der Waals surface area contributed by atoms with Gasteiger partial charge < -0.3 is 19.5 Å². The third-order valence-electron chi connectivity index (χ3n) is 5.25. The van der Waals surface area contributed by atoms with Gasteiger partial charge in [0.1, 0.15) is 5.75 Å². The Kier molecular flexibility index (Phi) is 7.50. The van der Waals surface area contributed by atoms with Crippen molar-refractivity contribution in [3.8, 4) is 17.6 Å². The van der Waals surface area contributed by atoms with Crippen LogP contribution < -0.4 is 10.1 Å². The molecular formula is C24H29NO3. The molecule has 28 heavy (non-hydrogen) atoms. The van der Waals surface area contributed by atoms with Gasteiger partial charge in [0.25, 0.3) is 0 Å². The summed E-state index contributed by atoms with van der Waals surface area (Å²) >= 11 is 0. The quantitative estimate of drug-likeness (QED) is 0.590. The van der Waals surface area contributed by atoms with E-state index in [2.05, 4.69) is 53.6 Å². The highest BCUT2D eigenvalue weighted by Crippen LogP contribution is 2.35. The summed E-state index contributed by atoms with van der Waals surface area (Å²) < 4.78 is 16.6. The first-order valence-corrected chi connectivity index (χ1v) is 9.82. The Hall–Kier alpha value is -2.32. The van der Waals surface area contributed by atoms with Gasteiger partial charge in [0.2, 0.25) is 0 Å². The number of rotatable bonds is 7. The molecule has 0 bridgehead atoms. The topological polar surface area (TPSA) is 39.7 Å². The monoisotopic (exact) mass is 379 g/mol. The lowest BCUT2D eigenvalue weighted by atomic mass is 9.85. The lowest BCUT2D eigenvalue weighted by molar-refractivity contribution is -0.0947. The normalized spacial score (nSPS) is 15.5. The molecule has 1 aliphatic rings. The van der Waals surface area contributed by atoms with Crippen LogP contribution in [0.15, 0.2) is 48.5 Å². The van der Waals surface area contributed by atoms with E-state index < -0.39 is 0 Å². The van der Waals surface area contributed by atoms with Crippen molar-refractivity contribution in [2.45, 2.75) is 24.9 Å². The van der Waals surface area contributed by atoms with Crippen LogP contribution in [-0.2, 0) is 21.5 Å². The molecule has 4 nitrogen and oxygen atoms in total. The van der Waals surface area contributed by atoms with Crippen molar-refractivity contribution >= 4 is 0 Å². The van der Waals surface area contributed by atoms with Crippen molar-refractivity contribution in [3.63, 3.8) is 0 Å². The molecule has 1 heterocycles. The summed E-state index contributed by atoms with van der Waals surface area (Å²) in [6.45, 7) is 3.02. The number of benzene rings is 2. The van der Waals surface area contributed by atoms with Gasteiger partial charge in [0, 0.05) is 45.3 Å². The predicted molar refractivity (Wildman–Crippen MR) is 112 cm³/mol. The Morgan fingerprint density at radius 1 is 1.07 bits per heavy atom. The van der Waals surface area contributed by atoms with Crippen molar-refractivity contribution < 1.29 is 14.2 Å². The number of ether oxygens (including phenoxy) is 3. The zero-order valence-electron chi connectivity index (χ0n) is 16.8. The molecule has 148 valence electrons. The molecule has 1 saturated heterocycles. The summed E-state index contributed by atoms with van der Waals surface area (Å²) in [5, 5.41) is 3.38. The van der Waals surface area contributed by atoms with E-state index in [4.69, 9.17) is 14.2 Å². The first kappa shape index (κ1) is 20.4. The van der Waals surface area contributed by atoms with Crippen LogP contribution in [0.2, 0.25) is 0 Å². The molecule has 1 N–H and O–H groups in total. The Morgan fingerprint density at radius 3 is 2.68 bits per heavy atom. The molecule has 2 aromatic carbocycles. The molecule has 1 aliphatic heterocycles. The fourth-order valence-corrected chi connectivity index (χ4v) is 3.55. The Balaban J connectivity index is 1.51. The molecule has 0 amide bonds. The van der Waals surface area contributed by atoms with E-state index in [1.165, 1.54) is 11.1 Å². The van der Waals surface area contributed by atoms with E-state index in [9.17, 15) is 0 Å². The predicted octanol–water partition coefficient (Wildman–Crippen LogP) is 3.53. The highest BCUT2D eigenvalue weighted by atomic mass is 16.5. The van der Waals surface area contributed by atoms with Gasteiger partial charge in [-0.2, -0.15) is 0 Å². The van der Waals surface area contributed by atoms with Gasteiger partial charge in [0.15, 0.2) is 0 Å². The second-order valence-electron chi connectivity index (χ2n) is 6.97. The second kappa shape index (κ2) is 10.3. The van der Waals surface area contributed by atoms with Gasteiger partial charge in [-0.15, -0.1) is 0 Å². The molecule has 1 fully saturated rings. The highest BCUT2D eigenvalue weighted by molar-refractivity contribution is 5.39. The van der Waals surface area contributed by atoms with Gasteiger partial charge >= 0.3 is 0 Å². The van der Waals surface area contributed by atoms with Gasteiger partial charge in [-0.05, 0) is 41.8 Å². The Bertz CT molecular complexity index is 816. The molecule has 3 rings (SSSR count). The fourth-order valence-electron chi connectivity index (χ4n) is 3.55. The summed E-state index contributed by atoms with van der Waals surface area (Å²) in [4.78, 5) is 0. The molecule has 0 spiro atoms. The minimum Gasteiger partial charge on any atom is -0.497 e. The van der Waals surface area contributed by atoms with E-state index in [0.29, 0.717) is 6.54 Å². The maximum atomic E-state index is 5.89. The zero-order chi connectivity index (χ0) is 19.7. The minimum absolute atomic E-state index is 0.245. The Morgan fingerprint density at radius 2 is 1.89 bits per heavy atom. The lowest BCUT2D eigenvalue weighted by Gasteiger charge is -2.36. The number of nitrogens with one attached hydrogen (secondary N) is 1. The molecule has 0 unspecified atom stereocenters. The van der Waals surface area contributed by atoms with Crippen LogP contribution in [0.5, 0.6) is 5.75 Å². The standard InChI is InChI=1S/C24H29NO3/c1-26-23-10-4-7-21(19-23)11-15-25-14-5-8-20-6-3-9-22(18-20)24(27-2)12-16-28-17-13-24/h3-4,6-7,9-10,18-19,25H,11-17H2,1-2H3. The number of methoxy groups -OCH3 is 2. The fraction of sp³-hybridized carbons (Fsp3) is 0.417. The van der Waals surface area contributed by atoms with Crippen molar-refractivity contribution in [2.24, 2.45) is 0 Å². The maximum absolute atomic E-state index is 5.89. The summed E-state index contributed by atoms with van der Waals surface area (Å²) in [5.41, 5.74) is 3.23. The summed E-state index contributed by atoms with van der Waals surface area (Å²) in [6, 6.07) is 16.6. The Labute approximate surface area is 168 Å². The van der Waals surface area contributed by atoms with Gasteiger partial charge in [-0.25, -0.2) is 0 Å². The molecule has 4 heteroatoms. The lowest BCUT2D eigenvalue weighted by Crippen LogP contribution is -2.35. The second-order valence-corrected chi connectivity index (χ2v) is 6.97. The molecule has 0 saturated carbocycles. The van der Waals surface area contributed by atoms with Gasteiger partial charge in [-0.3, -0.25) is 0 Å². The molecule has 0 radical (unpaired) electrons. The SMILES string of the molecule is COc1cccc(CCNCC#Cc2cccc(C3(OC)CCOCC3)c2)c1. The van der Waals surface area contributed by atoms with Crippen molar-refractivity contribution in [2.75, 3.05) is 40.5 Å². The van der Waals surface area contributed by atoms with Crippen LogP contribution in [0, 0.1) is 11.8 Å². The van der Waals surface area contributed by atoms with Crippen molar-refractivity contribution in [1.29, 1.82) is 0 Å².